The number of aromatic nitrogens is 4. The van der Waals surface area contributed by atoms with Crippen molar-refractivity contribution in [1.29, 1.82) is 0 Å². The molecule has 0 aliphatic carbocycles. The molecule has 0 aliphatic rings. The van der Waals surface area contributed by atoms with Gasteiger partial charge in [-0.1, -0.05) is 12.1 Å². The van der Waals surface area contributed by atoms with Crippen LogP contribution in [-0.4, -0.2) is 25.0 Å². The Balaban J connectivity index is 2.02. The second-order valence-corrected chi connectivity index (χ2v) is 4.29. The van der Waals surface area contributed by atoms with Crippen molar-refractivity contribution < 1.29 is 5.11 Å². The van der Waals surface area contributed by atoms with Crippen molar-refractivity contribution in [3.63, 3.8) is 0 Å². The van der Waals surface area contributed by atoms with E-state index in [0.29, 0.717) is 0 Å². The predicted octanol–water partition coefficient (Wildman–Crippen LogP) is 2.43. The molecule has 9 heteroatoms. The van der Waals surface area contributed by atoms with Crippen LogP contribution in [0.15, 0.2) is 39.3 Å². The van der Waals surface area contributed by atoms with Gasteiger partial charge < -0.3 is 15.1 Å². The van der Waals surface area contributed by atoms with Gasteiger partial charge in [0, 0.05) is 0 Å². The van der Waals surface area contributed by atoms with Gasteiger partial charge in [-0.3, -0.25) is 9.78 Å². The van der Waals surface area contributed by atoms with Gasteiger partial charge in [-0.15, -0.1) is 10.2 Å². The molecule has 2 aromatic heterocycles. The Bertz CT molecular complexity index is 889. The lowest BCUT2D eigenvalue weighted by molar-refractivity contribution is 0.451. The van der Waals surface area contributed by atoms with Crippen LogP contribution in [0, 0.1) is 4.77 Å². The first kappa shape index (κ1) is 12.2. The molecule has 2 heterocycles. The van der Waals surface area contributed by atoms with Crippen molar-refractivity contribution >= 4 is 34.9 Å². The molecule has 4 N–H and O–H groups in total. The smallest absolute Gasteiger partial charge is 0.283 e. The maximum atomic E-state index is 11.6. The second kappa shape index (κ2) is 4.70. The molecule has 3 rings (SSSR count). The molecule has 0 fully saturated rings. The number of benzene rings is 1. The number of nitrogens with one attached hydrogen (secondary N) is 3. The lowest BCUT2D eigenvalue weighted by Crippen LogP contribution is -2.06. The minimum absolute atomic E-state index is 0.00943. The molecule has 0 atom stereocenters. The normalized spacial score (nSPS) is 11.4. The number of fused-ring (bicyclic) bond motifs is 1. The van der Waals surface area contributed by atoms with Crippen LogP contribution >= 0.6 is 12.2 Å². The Morgan fingerprint density at radius 3 is 2.70 bits per heavy atom. The number of hydrogen-bond acceptors (Lipinski definition) is 6. The maximum Gasteiger partial charge on any atom is 0.283 e. The molecule has 0 saturated heterocycles. The molecule has 20 heavy (non-hydrogen) atoms. The monoisotopic (exact) mass is 288 g/mol. The summed E-state index contributed by atoms with van der Waals surface area (Å²) in [5.41, 5.74) is 0.629. The molecule has 0 unspecified atom stereocenters. The summed E-state index contributed by atoms with van der Waals surface area (Å²) >= 11 is 4.71. The highest BCUT2D eigenvalue weighted by molar-refractivity contribution is 7.71. The third-order valence-electron chi connectivity index (χ3n) is 2.52. The molecule has 0 bridgehead atoms. The van der Waals surface area contributed by atoms with E-state index >= 15 is 0 Å². The van der Waals surface area contributed by atoms with Crippen molar-refractivity contribution in [2.75, 3.05) is 0 Å². The topological polar surface area (TPSA) is 122 Å². The van der Waals surface area contributed by atoms with Crippen molar-refractivity contribution in [3.05, 3.63) is 39.4 Å². The number of hydrogen-bond donors (Lipinski definition) is 4. The van der Waals surface area contributed by atoms with E-state index in [1.54, 1.807) is 0 Å². The first-order valence-electron chi connectivity index (χ1n) is 5.55. The zero-order chi connectivity index (χ0) is 14.1. The molecule has 8 nitrogen and oxygen atoms in total. The standard InChI is InChI=1S/C11H8N6O2S/c18-8-7(9(19)15-11(20)14-8)16-17-10-12-5-3-1-2-4-6(5)13-10/h1-4H,(H,12,13)(H3,14,15,18,19,20). The second-order valence-electron chi connectivity index (χ2n) is 3.88. The molecular formula is C11H8N6O2S. The Labute approximate surface area is 116 Å². The van der Waals surface area contributed by atoms with Crippen LogP contribution in [0.2, 0.25) is 0 Å². The van der Waals surface area contributed by atoms with Crippen LogP contribution in [0.4, 0.5) is 11.6 Å². The summed E-state index contributed by atoms with van der Waals surface area (Å²) < 4.78 is 0.00943. The number of para-hydroxylation sites is 2. The van der Waals surface area contributed by atoms with Gasteiger partial charge in [0.15, 0.2) is 4.77 Å². The molecule has 0 saturated carbocycles. The number of nitrogens with zero attached hydrogens (tertiary/aromatic N) is 3. The van der Waals surface area contributed by atoms with E-state index in [1.165, 1.54) is 0 Å². The largest absolute Gasteiger partial charge is 0.493 e. The van der Waals surface area contributed by atoms with E-state index in [9.17, 15) is 9.90 Å². The van der Waals surface area contributed by atoms with E-state index in [4.69, 9.17) is 12.2 Å². The van der Waals surface area contributed by atoms with Gasteiger partial charge in [0.2, 0.25) is 17.5 Å². The van der Waals surface area contributed by atoms with E-state index in [0.717, 1.165) is 11.0 Å². The Hall–Kier alpha value is -2.81. The summed E-state index contributed by atoms with van der Waals surface area (Å²) in [4.78, 5) is 23.3. The highest BCUT2D eigenvalue weighted by Crippen LogP contribution is 2.21. The lowest BCUT2D eigenvalue weighted by atomic mass is 10.3. The molecule has 3 aromatic rings. The number of rotatable bonds is 2. The fraction of sp³-hybridized carbons (Fsp3) is 0. The molecule has 1 aromatic carbocycles. The predicted molar refractivity (Wildman–Crippen MR) is 74.2 cm³/mol. The lowest BCUT2D eigenvalue weighted by Gasteiger charge is -1.94. The van der Waals surface area contributed by atoms with Crippen LogP contribution in [0.5, 0.6) is 5.88 Å². The van der Waals surface area contributed by atoms with E-state index < -0.39 is 11.4 Å². The summed E-state index contributed by atoms with van der Waals surface area (Å²) in [5.74, 6) is -0.217. The van der Waals surface area contributed by atoms with Gasteiger partial charge in [0.1, 0.15) is 0 Å². The van der Waals surface area contributed by atoms with Gasteiger partial charge >= 0.3 is 0 Å². The number of H-pyrrole nitrogens is 3. The third kappa shape index (κ3) is 2.21. The Kier molecular flexibility index (Phi) is 2.88. The van der Waals surface area contributed by atoms with Gasteiger partial charge in [-0.2, -0.15) is 0 Å². The summed E-state index contributed by atoms with van der Waals surface area (Å²) in [6.07, 6.45) is 0. The zero-order valence-corrected chi connectivity index (χ0v) is 10.7. The third-order valence-corrected chi connectivity index (χ3v) is 2.72. The van der Waals surface area contributed by atoms with E-state index in [2.05, 4.69) is 30.2 Å². The van der Waals surface area contributed by atoms with Crippen molar-refractivity contribution in [3.8, 4) is 5.88 Å². The van der Waals surface area contributed by atoms with Crippen LogP contribution < -0.4 is 5.56 Å². The van der Waals surface area contributed by atoms with Crippen LogP contribution in [-0.2, 0) is 0 Å². The molecule has 0 amide bonds. The van der Waals surface area contributed by atoms with Crippen LogP contribution in [0.25, 0.3) is 11.0 Å². The summed E-state index contributed by atoms with van der Waals surface area (Å²) in [6, 6.07) is 7.35. The number of imidazole rings is 1. The van der Waals surface area contributed by atoms with Gasteiger partial charge in [-0.05, 0) is 24.4 Å². The Morgan fingerprint density at radius 2 is 1.95 bits per heavy atom. The minimum atomic E-state index is -0.633. The first-order valence-corrected chi connectivity index (χ1v) is 5.96. The Morgan fingerprint density at radius 1 is 1.15 bits per heavy atom. The van der Waals surface area contributed by atoms with E-state index in [-0.39, 0.29) is 16.4 Å². The molecule has 100 valence electrons. The summed E-state index contributed by atoms with van der Waals surface area (Å²) in [7, 11) is 0. The molecule has 0 radical (unpaired) electrons. The van der Waals surface area contributed by atoms with E-state index in [1.807, 2.05) is 24.3 Å². The highest BCUT2D eigenvalue weighted by Gasteiger charge is 2.07. The van der Waals surface area contributed by atoms with Crippen molar-refractivity contribution in [2.45, 2.75) is 0 Å². The highest BCUT2D eigenvalue weighted by atomic mass is 32.1. The molecular weight excluding hydrogens is 280 g/mol. The first-order chi connectivity index (χ1) is 9.63. The average Bonchev–Trinajstić information content (AvgIpc) is 2.80. The number of aromatic hydroxyl groups is 1. The van der Waals surface area contributed by atoms with Crippen LogP contribution in [0.1, 0.15) is 0 Å². The summed E-state index contributed by atoms with van der Waals surface area (Å²) in [5, 5.41) is 17.0. The maximum absolute atomic E-state index is 11.6. The quantitative estimate of drug-likeness (QED) is 0.427. The number of aromatic amines is 3. The molecule has 0 aliphatic heterocycles. The molecule has 0 spiro atoms. The summed E-state index contributed by atoms with van der Waals surface area (Å²) in [6.45, 7) is 0. The number of azo groups is 1. The van der Waals surface area contributed by atoms with Crippen molar-refractivity contribution in [2.24, 2.45) is 10.2 Å². The van der Waals surface area contributed by atoms with Gasteiger partial charge in [0.05, 0.1) is 11.0 Å². The fourth-order valence-electron chi connectivity index (χ4n) is 1.64. The van der Waals surface area contributed by atoms with Crippen LogP contribution in [0.3, 0.4) is 0 Å². The minimum Gasteiger partial charge on any atom is -0.493 e. The zero-order valence-electron chi connectivity index (χ0n) is 9.91. The average molecular weight is 288 g/mol. The van der Waals surface area contributed by atoms with Crippen molar-refractivity contribution in [1.82, 2.24) is 19.9 Å². The van der Waals surface area contributed by atoms with Gasteiger partial charge in [-0.25, -0.2) is 4.98 Å². The van der Waals surface area contributed by atoms with Gasteiger partial charge in [0.25, 0.3) is 5.56 Å². The SMILES string of the molecule is O=c1[nH]c(=S)[nH]c(O)c1N=Nc1nc2ccccc2[nH]1. The fourth-order valence-corrected chi connectivity index (χ4v) is 1.83.